The average Bonchev–Trinajstić information content (AvgIpc) is 1.97. The first-order chi connectivity index (χ1) is 5.20. The van der Waals surface area contributed by atoms with Gasteiger partial charge in [0, 0.05) is 0 Å². The minimum Gasteiger partial charge on any atom is -0.116 e. The van der Waals surface area contributed by atoms with E-state index in [1.165, 1.54) is 34.3 Å². The summed E-state index contributed by atoms with van der Waals surface area (Å²) in [4.78, 5) is 0. The van der Waals surface area contributed by atoms with Crippen LogP contribution in [0.2, 0.25) is 0 Å². The Morgan fingerprint density at radius 1 is 1.18 bits per heavy atom. The Morgan fingerprint density at radius 2 is 1.82 bits per heavy atom. The van der Waals surface area contributed by atoms with Crippen LogP contribution in [-0.2, 0) is 0 Å². The van der Waals surface area contributed by atoms with Gasteiger partial charge in [0.2, 0.25) is 0 Å². The molecule has 0 aromatic rings. The van der Waals surface area contributed by atoms with Gasteiger partial charge < -0.3 is 0 Å². The number of unbranched alkanes of at least 4 members (excludes halogenated alkanes) is 1. The first-order valence-electron chi connectivity index (χ1n) is 4.96. The maximum absolute atomic E-state index is 2.34. The maximum Gasteiger partial charge on any atom is -0.0237 e. The van der Waals surface area contributed by atoms with E-state index < -0.39 is 0 Å². The minimum atomic E-state index is 0.914. The number of hydrogen-bond acceptors (Lipinski definition) is 0. The van der Waals surface area contributed by atoms with Crippen LogP contribution in [0.25, 0.3) is 0 Å². The van der Waals surface area contributed by atoms with E-state index in [0.29, 0.717) is 0 Å². The molecule has 0 fully saturated rings. The van der Waals surface area contributed by atoms with Crippen LogP contribution in [0.15, 0.2) is 0 Å². The van der Waals surface area contributed by atoms with Gasteiger partial charge in [-0.05, 0) is 24.2 Å². The summed E-state index contributed by atoms with van der Waals surface area (Å²) in [5.41, 5.74) is 1.94. The molecular weight excluding hydrogens is 151 g/mol. The minimum absolute atomic E-state index is 0.914. The summed E-state index contributed by atoms with van der Waals surface area (Å²) in [6.45, 7) is 9.29. The van der Waals surface area contributed by atoms with Crippen molar-refractivity contribution < 1.29 is 0 Å². The third-order valence-electron chi connectivity index (χ3n) is 1.97. The second-order valence-corrected chi connectivity index (χ2v) is 5.87. The maximum atomic E-state index is 2.34. The van der Waals surface area contributed by atoms with Crippen LogP contribution in [0.3, 0.4) is 0 Å². The summed E-state index contributed by atoms with van der Waals surface area (Å²) in [6, 6.07) is 0. The summed E-state index contributed by atoms with van der Waals surface area (Å²) in [5.74, 6) is 0. The van der Waals surface area contributed by atoms with Gasteiger partial charge in [-0.25, -0.2) is 0 Å². The zero-order valence-electron chi connectivity index (χ0n) is 8.48. The van der Waals surface area contributed by atoms with Gasteiger partial charge in [-0.15, -0.1) is 8.58 Å². The standard InChI is InChI=1S/C10H23P/c1-5-7-8-10(6-2)11-9(3)4/h9-11H,5-8H2,1-4H3. The van der Waals surface area contributed by atoms with E-state index in [4.69, 9.17) is 0 Å². The summed E-state index contributed by atoms with van der Waals surface area (Å²) in [6.07, 6.45) is 5.64. The Morgan fingerprint density at radius 3 is 2.18 bits per heavy atom. The van der Waals surface area contributed by atoms with Crippen LogP contribution >= 0.6 is 8.58 Å². The highest BCUT2D eigenvalue weighted by Gasteiger charge is 2.06. The Hall–Kier alpha value is 0.430. The molecular formula is C10H23P. The van der Waals surface area contributed by atoms with Gasteiger partial charge in [0.1, 0.15) is 0 Å². The Labute approximate surface area is 73.9 Å². The monoisotopic (exact) mass is 174 g/mol. The molecule has 68 valence electrons. The highest BCUT2D eigenvalue weighted by atomic mass is 31.1. The zero-order valence-corrected chi connectivity index (χ0v) is 9.48. The van der Waals surface area contributed by atoms with E-state index in [1.807, 2.05) is 0 Å². The molecule has 0 spiro atoms. The first-order valence-corrected chi connectivity index (χ1v) is 6.12. The van der Waals surface area contributed by atoms with Gasteiger partial charge in [0.25, 0.3) is 0 Å². The Kier molecular flexibility index (Phi) is 7.38. The van der Waals surface area contributed by atoms with Crippen molar-refractivity contribution in [3.05, 3.63) is 0 Å². The van der Waals surface area contributed by atoms with E-state index in [-0.39, 0.29) is 0 Å². The normalized spacial score (nSPS) is 15.0. The molecule has 0 nitrogen and oxygen atoms in total. The van der Waals surface area contributed by atoms with Crippen molar-refractivity contribution in [1.29, 1.82) is 0 Å². The molecule has 0 aliphatic carbocycles. The molecule has 0 saturated carbocycles. The molecule has 2 atom stereocenters. The summed E-state index contributed by atoms with van der Waals surface area (Å²) in [5, 5.41) is 0. The van der Waals surface area contributed by atoms with Gasteiger partial charge in [-0.1, -0.05) is 40.5 Å². The molecule has 0 rings (SSSR count). The fraction of sp³-hybridized carbons (Fsp3) is 1.00. The lowest BCUT2D eigenvalue weighted by molar-refractivity contribution is 0.664. The van der Waals surface area contributed by atoms with Crippen LogP contribution in [0.1, 0.15) is 53.4 Å². The van der Waals surface area contributed by atoms with Crippen molar-refractivity contribution in [2.45, 2.75) is 64.7 Å². The lowest BCUT2D eigenvalue weighted by Gasteiger charge is -2.16. The molecule has 11 heavy (non-hydrogen) atoms. The smallest absolute Gasteiger partial charge is 0.0237 e. The summed E-state index contributed by atoms with van der Waals surface area (Å²) < 4.78 is 0. The molecule has 0 radical (unpaired) electrons. The van der Waals surface area contributed by atoms with Crippen molar-refractivity contribution in [3.8, 4) is 0 Å². The van der Waals surface area contributed by atoms with Gasteiger partial charge in [-0.3, -0.25) is 0 Å². The molecule has 0 heterocycles. The Balaban J connectivity index is 3.41. The van der Waals surface area contributed by atoms with E-state index >= 15 is 0 Å². The highest BCUT2D eigenvalue weighted by Crippen LogP contribution is 2.30. The number of rotatable bonds is 6. The van der Waals surface area contributed by atoms with Gasteiger partial charge in [-0.2, -0.15) is 0 Å². The quantitative estimate of drug-likeness (QED) is 0.533. The molecule has 1 heteroatoms. The molecule has 2 unspecified atom stereocenters. The van der Waals surface area contributed by atoms with Gasteiger partial charge in [0.05, 0.1) is 0 Å². The predicted molar refractivity (Wildman–Crippen MR) is 57.1 cm³/mol. The topological polar surface area (TPSA) is 0 Å². The first kappa shape index (κ1) is 11.4. The lowest BCUT2D eigenvalue weighted by Crippen LogP contribution is -2.02. The van der Waals surface area contributed by atoms with Crippen molar-refractivity contribution in [2.75, 3.05) is 0 Å². The predicted octanol–water partition coefficient (Wildman–Crippen LogP) is 4.04. The van der Waals surface area contributed by atoms with Crippen LogP contribution in [0, 0.1) is 0 Å². The largest absolute Gasteiger partial charge is 0.116 e. The van der Waals surface area contributed by atoms with E-state index in [9.17, 15) is 0 Å². The van der Waals surface area contributed by atoms with Crippen LogP contribution < -0.4 is 0 Å². The molecule has 0 saturated heterocycles. The van der Waals surface area contributed by atoms with Gasteiger partial charge in [0.15, 0.2) is 0 Å². The fourth-order valence-electron chi connectivity index (χ4n) is 1.33. The SMILES string of the molecule is CCCCC(CC)PC(C)C. The molecule has 0 amide bonds. The van der Waals surface area contributed by atoms with E-state index in [2.05, 4.69) is 27.7 Å². The molecule has 0 aliphatic rings. The van der Waals surface area contributed by atoms with Crippen molar-refractivity contribution in [2.24, 2.45) is 0 Å². The molecule has 0 aliphatic heterocycles. The molecule has 0 N–H and O–H groups in total. The van der Waals surface area contributed by atoms with Crippen LogP contribution in [0.5, 0.6) is 0 Å². The number of hydrogen-bond donors (Lipinski definition) is 0. The van der Waals surface area contributed by atoms with E-state index in [0.717, 1.165) is 11.3 Å². The highest BCUT2D eigenvalue weighted by molar-refractivity contribution is 7.39. The lowest BCUT2D eigenvalue weighted by atomic mass is 10.2. The van der Waals surface area contributed by atoms with Crippen molar-refractivity contribution in [3.63, 3.8) is 0 Å². The Bertz CT molecular complexity index is 78.9. The van der Waals surface area contributed by atoms with Crippen molar-refractivity contribution in [1.82, 2.24) is 0 Å². The zero-order chi connectivity index (χ0) is 8.69. The third-order valence-corrected chi connectivity index (χ3v) is 3.80. The molecule has 0 bridgehead atoms. The molecule has 0 aromatic heterocycles. The van der Waals surface area contributed by atoms with Crippen LogP contribution in [0.4, 0.5) is 0 Å². The van der Waals surface area contributed by atoms with Crippen molar-refractivity contribution >= 4 is 8.58 Å². The molecule has 0 aromatic carbocycles. The average molecular weight is 174 g/mol. The van der Waals surface area contributed by atoms with Gasteiger partial charge >= 0.3 is 0 Å². The second kappa shape index (κ2) is 7.10. The second-order valence-electron chi connectivity index (χ2n) is 3.57. The van der Waals surface area contributed by atoms with Crippen LogP contribution in [-0.4, -0.2) is 11.3 Å². The fourth-order valence-corrected chi connectivity index (χ4v) is 2.88. The van der Waals surface area contributed by atoms with E-state index in [1.54, 1.807) is 0 Å². The summed E-state index contributed by atoms with van der Waals surface area (Å²) >= 11 is 0. The summed E-state index contributed by atoms with van der Waals surface area (Å²) in [7, 11) is 1.19. The third kappa shape index (κ3) is 6.81.